The van der Waals surface area contributed by atoms with E-state index in [2.05, 4.69) is 4.98 Å². The largest absolute Gasteiger partial charge is 0.481 e. The van der Waals surface area contributed by atoms with Crippen LogP contribution in [-0.4, -0.2) is 72.3 Å². The molecular weight excluding hydrogens is 334 g/mol. The highest BCUT2D eigenvalue weighted by molar-refractivity contribution is 7.87. The Hall–Kier alpha value is -2.17. The Kier molecular flexibility index (Phi) is 4.43. The van der Waals surface area contributed by atoms with Crippen LogP contribution in [0.1, 0.15) is 0 Å². The molecule has 3 heterocycles. The molecule has 1 aliphatic heterocycles. The molecule has 3 rings (SSSR count). The maximum Gasteiger partial charge on any atom is 0.308 e. The number of methoxy groups -OCH3 is 1. The van der Waals surface area contributed by atoms with Gasteiger partial charge in [-0.3, -0.25) is 4.79 Å². The first-order valence-electron chi connectivity index (χ1n) is 7.47. The molecule has 2 aromatic heterocycles. The molecular formula is C14H19N5O4S. The van der Waals surface area contributed by atoms with Gasteiger partial charge in [-0.25, -0.2) is 8.96 Å². The van der Waals surface area contributed by atoms with E-state index in [9.17, 15) is 13.2 Å². The summed E-state index contributed by atoms with van der Waals surface area (Å²) < 4.78 is 33.6. The van der Waals surface area contributed by atoms with Gasteiger partial charge in [0.25, 0.3) is 0 Å². The number of nitrogens with two attached hydrogens (primary N) is 1. The number of carbonyl (C=O) groups excluding carboxylic acids is 1. The van der Waals surface area contributed by atoms with Crippen molar-refractivity contribution >= 4 is 27.0 Å². The van der Waals surface area contributed by atoms with E-state index in [-0.39, 0.29) is 25.5 Å². The van der Waals surface area contributed by atoms with Gasteiger partial charge in [-0.1, -0.05) is 0 Å². The van der Waals surface area contributed by atoms with Crippen molar-refractivity contribution in [3.63, 3.8) is 0 Å². The first-order valence-corrected chi connectivity index (χ1v) is 8.87. The van der Waals surface area contributed by atoms with Crippen molar-refractivity contribution in [1.82, 2.24) is 18.2 Å². The predicted molar refractivity (Wildman–Crippen MR) is 87.8 cm³/mol. The molecule has 2 N–H and O–H groups in total. The van der Waals surface area contributed by atoms with Crippen molar-refractivity contribution in [2.45, 2.75) is 0 Å². The minimum Gasteiger partial charge on any atom is -0.481 e. The van der Waals surface area contributed by atoms with Crippen LogP contribution in [0.2, 0.25) is 0 Å². The number of aromatic nitrogens is 2. The molecule has 0 aromatic carbocycles. The Morgan fingerprint density at radius 3 is 2.62 bits per heavy atom. The minimum atomic E-state index is -3.73. The first kappa shape index (κ1) is 16.7. The van der Waals surface area contributed by atoms with Crippen LogP contribution in [0.5, 0.6) is 5.88 Å². The van der Waals surface area contributed by atoms with Gasteiger partial charge in [0, 0.05) is 38.6 Å². The summed E-state index contributed by atoms with van der Waals surface area (Å²) in [7, 11) is -2.24. The number of fused-ring (bicyclic) bond motifs is 1. The minimum absolute atomic E-state index is 0.0677. The molecule has 0 radical (unpaired) electrons. The lowest BCUT2D eigenvalue weighted by Gasteiger charge is -2.33. The van der Waals surface area contributed by atoms with Crippen molar-refractivity contribution in [2.24, 2.45) is 5.73 Å². The second-order valence-electron chi connectivity index (χ2n) is 5.36. The number of pyridine rings is 1. The molecule has 0 aliphatic carbocycles. The smallest absolute Gasteiger partial charge is 0.308 e. The average molecular weight is 353 g/mol. The van der Waals surface area contributed by atoms with Gasteiger partial charge in [-0.2, -0.15) is 12.7 Å². The van der Waals surface area contributed by atoms with Gasteiger partial charge in [0.1, 0.15) is 0 Å². The van der Waals surface area contributed by atoms with E-state index in [1.54, 1.807) is 17.0 Å². The van der Waals surface area contributed by atoms with Crippen LogP contribution in [0, 0.1) is 0 Å². The number of ether oxygens (including phenoxy) is 1. The van der Waals surface area contributed by atoms with E-state index >= 15 is 0 Å². The predicted octanol–water partition coefficient (Wildman–Crippen LogP) is -0.759. The summed E-state index contributed by atoms with van der Waals surface area (Å²) in [6.07, 6.45) is 2.99. The number of carbonyl (C=O) groups is 1. The highest BCUT2D eigenvalue weighted by Gasteiger charge is 2.30. The molecule has 9 nitrogen and oxygen atoms in total. The molecule has 10 heteroatoms. The van der Waals surface area contributed by atoms with Gasteiger partial charge < -0.3 is 15.4 Å². The number of piperazine rings is 1. The summed E-state index contributed by atoms with van der Waals surface area (Å²) in [4.78, 5) is 17.3. The van der Waals surface area contributed by atoms with Crippen LogP contribution < -0.4 is 10.5 Å². The molecule has 0 saturated carbocycles. The number of hydrogen-bond acceptors (Lipinski definition) is 6. The number of hydrogen-bond donors (Lipinski definition) is 1. The van der Waals surface area contributed by atoms with Crippen molar-refractivity contribution in [2.75, 3.05) is 39.8 Å². The molecule has 1 amide bonds. The molecule has 0 spiro atoms. The van der Waals surface area contributed by atoms with E-state index in [1.165, 1.54) is 27.8 Å². The van der Waals surface area contributed by atoms with Crippen molar-refractivity contribution in [3.8, 4) is 5.88 Å². The summed E-state index contributed by atoms with van der Waals surface area (Å²) >= 11 is 0. The number of amides is 1. The molecule has 0 unspecified atom stereocenters. The van der Waals surface area contributed by atoms with Gasteiger partial charge >= 0.3 is 10.2 Å². The fourth-order valence-corrected chi connectivity index (χ4v) is 4.30. The van der Waals surface area contributed by atoms with Crippen molar-refractivity contribution in [1.29, 1.82) is 0 Å². The van der Waals surface area contributed by atoms with Gasteiger partial charge in [0.05, 0.1) is 24.6 Å². The standard InChI is InChI=1S/C14H19N5O4S/c1-23-14-11-3-5-19(12(11)2-4-16-14)24(21,22)18-8-6-17(7-9-18)13(20)10-15/h2-5H,6-10,15H2,1H3. The van der Waals surface area contributed by atoms with Crippen molar-refractivity contribution < 1.29 is 17.9 Å². The molecule has 0 atom stereocenters. The fourth-order valence-electron chi connectivity index (χ4n) is 2.80. The highest BCUT2D eigenvalue weighted by atomic mass is 32.2. The SMILES string of the molecule is COc1nccc2c1ccn2S(=O)(=O)N1CCN(C(=O)CN)CC1. The fraction of sp³-hybridized carbons (Fsp3) is 0.429. The Bertz CT molecular complexity index is 855. The number of nitrogens with zero attached hydrogens (tertiary/aromatic N) is 4. The van der Waals surface area contributed by atoms with Crippen LogP contribution in [0.3, 0.4) is 0 Å². The second-order valence-corrected chi connectivity index (χ2v) is 7.16. The van der Waals surface area contributed by atoms with Crippen LogP contribution >= 0.6 is 0 Å². The Balaban J connectivity index is 1.88. The average Bonchev–Trinajstić information content (AvgIpc) is 3.06. The first-order chi connectivity index (χ1) is 11.5. The maximum atomic E-state index is 12.9. The zero-order chi connectivity index (χ0) is 17.3. The Labute approximate surface area is 139 Å². The second kappa shape index (κ2) is 6.38. The van der Waals surface area contributed by atoms with E-state index in [4.69, 9.17) is 10.5 Å². The lowest BCUT2D eigenvalue weighted by molar-refractivity contribution is -0.130. The Morgan fingerprint density at radius 1 is 1.29 bits per heavy atom. The highest BCUT2D eigenvalue weighted by Crippen LogP contribution is 2.26. The summed E-state index contributed by atoms with van der Waals surface area (Å²) in [6, 6.07) is 3.29. The monoisotopic (exact) mass is 353 g/mol. The maximum absolute atomic E-state index is 12.9. The summed E-state index contributed by atoms with van der Waals surface area (Å²) in [5.74, 6) is 0.203. The molecule has 1 saturated heterocycles. The topological polar surface area (TPSA) is 111 Å². The van der Waals surface area contributed by atoms with Gasteiger partial charge in [0.2, 0.25) is 11.8 Å². The third-order valence-electron chi connectivity index (χ3n) is 4.08. The summed E-state index contributed by atoms with van der Waals surface area (Å²) in [6.45, 7) is 1.06. The zero-order valence-electron chi connectivity index (χ0n) is 13.3. The van der Waals surface area contributed by atoms with Crippen LogP contribution in [0.4, 0.5) is 0 Å². The van der Waals surface area contributed by atoms with Gasteiger partial charge in [-0.05, 0) is 12.1 Å². The third-order valence-corrected chi connectivity index (χ3v) is 5.91. The van der Waals surface area contributed by atoms with Crippen LogP contribution in [0.25, 0.3) is 10.9 Å². The summed E-state index contributed by atoms with van der Waals surface area (Å²) in [5, 5.41) is 0.625. The van der Waals surface area contributed by atoms with Crippen LogP contribution in [0.15, 0.2) is 24.5 Å². The van der Waals surface area contributed by atoms with E-state index in [1.807, 2.05) is 0 Å². The molecule has 24 heavy (non-hydrogen) atoms. The lowest BCUT2D eigenvalue weighted by atomic mass is 10.3. The normalized spacial score (nSPS) is 16.5. The summed E-state index contributed by atoms with van der Waals surface area (Å²) in [5.41, 5.74) is 5.85. The molecule has 1 fully saturated rings. The van der Waals surface area contributed by atoms with E-state index < -0.39 is 10.2 Å². The van der Waals surface area contributed by atoms with Crippen LogP contribution in [-0.2, 0) is 15.0 Å². The molecule has 1 aliphatic rings. The van der Waals surface area contributed by atoms with Gasteiger partial charge in [-0.15, -0.1) is 0 Å². The quantitative estimate of drug-likeness (QED) is 0.774. The van der Waals surface area contributed by atoms with E-state index in [0.717, 1.165) is 0 Å². The Morgan fingerprint density at radius 2 is 2.00 bits per heavy atom. The third kappa shape index (κ3) is 2.72. The lowest BCUT2D eigenvalue weighted by Crippen LogP contribution is -2.52. The molecule has 130 valence electrons. The number of rotatable bonds is 4. The van der Waals surface area contributed by atoms with Crippen molar-refractivity contribution in [3.05, 3.63) is 24.5 Å². The molecule has 0 bridgehead atoms. The van der Waals surface area contributed by atoms with E-state index in [0.29, 0.717) is 29.9 Å². The van der Waals surface area contributed by atoms with Gasteiger partial charge in [0.15, 0.2) is 0 Å². The molecule has 2 aromatic rings. The zero-order valence-corrected chi connectivity index (χ0v) is 14.1.